The molecule has 0 fully saturated rings. The van der Waals surface area contributed by atoms with Gasteiger partial charge >= 0.3 is 5.97 Å². The lowest BCUT2D eigenvalue weighted by atomic mass is 10.2. The van der Waals surface area contributed by atoms with Crippen LogP contribution in [0.3, 0.4) is 0 Å². The highest BCUT2D eigenvalue weighted by Gasteiger charge is 2.15. The monoisotopic (exact) mass is 306 g/mol. The van der Waals surface area contributed by atoms with E-state index in [-0.39, 0.29) is 10.6 Å². The van der Waals surface area contributed by atoms with Gasteiger partial charge in [-0.2, -0.15) is 0 Å². The van der Waals surface area contributed by atoms with E-state index in [1.807, 2.05) is 6.92 Å². The summed E-state index contributed by atoms with van der Waals surface area (Å²) in [5.74, 6) is -2.09. The zero-order chi connectivity index (χ0) is 15.6. The summed E-state index contributed by atoms with van der Waals surface area (Å²) in [4.78, 5) is 10.9. The molecule has 0 saturated carbocycles. The topological polar surface area (TPSA) is 107 Å². The Morgan fingerprint density at radius 2 is 1.76 bits per heavy atom. The molecule has 0 saturated heterocycles. The predicted octanol–water partition coefficient (Wildman–Crippen LogP) is 1.57. The van der Waals surface area contributed by atoms with Gasteiger partial charge in [0.05, 0.1) is 10.5 Å². The summed E-state index contributed by atoms with van der Waals surface area (Å²) < 4.78 is 26.5. The van der Waals surface area contributed by atoms with Crippen LogP contribution in [0.5, 0.6) is 5.75 Å². The summed E-state index contributed by atoms with van der Waals surface area (Å²) in [7, 11) is -3.83. The average Bonchev–Trinajstić information content (AvgIpc) is 2.41. The van der Waals surface area contributed by atoms with Gasteiger partial charge in [0.2, 0.25) is 0 Å². The van der Waals surface area contributed by atoms with Crippen molar-refractivity contribution in [3.05, 3.63) is 53.6 Å². The molecule has 0 aromatic heterocycles. The van der Waals surface area contributed by atoms with Crippen molar-refractivity contribution in [3.63, 3.8) is 0 Å². The number of carbonyl (C=O) groups is 1. The predicted molar refractivity (Wildman–Crippen MR) is 74.8 cm³/mol. The highest BCUT2D eigenvalue weighted by atomic mass is 32.2. The van der Waals surface area contributed by atoms with Crippen LogP contribution >= 0.6 is 0 Å². The fourth-order valence-electron chi connectivity index (χ4n) is 1.69. The fourth-order valence-corrected chi connectivity index (χ4v) is 2.74. The van der Waals surface area contributed by atoms with Crippen LogP contribution in [-0.4, -0.2) is 19.5 Å². The smallest absolute Gasteiger partial charge is 0.335 e. The van der Waals surface area contributed by atoms with Gasteiger partial charge in [-0.1, -0.05) is 29.5 Å². The molecule has 2 aromatic carbocycles. The molecule has 0 atom stereocenters. The Morgan fingerprint density at radius 1 is 1.14 bits per heavy atom. The molecule has 0 amide bonds. The van der Waals surface area contributed by atoms with Crippen molar-refractivity contribution >= 4 is 21.7 Å². The molecule has 0 aliphatic heterocycles. The van der Waals surface area contributed by atoms with Gasteiger partial charge in [-0.05, 0) is 31.2 Å². The van der Waals surface area contributed by atoms with Crippen molar-refractivity contribution < 1.29 is 23.4 Å². The van der Waals surface area contributed by atoms with Gasteiger partial charge in [-0.3, -0.25) is 4.72 Å². The minimum Gasteiger partial charge on any atom is -0.872 e. The normalized spacial score (nSPS) is 11.1. The molecule has 0 unspecified atom stereocenters. The van der Waals surface area contributed by atoms with Gasteiger partial charge in [-0.15, -0.1) is 0 Å². The third kappa shape index (κ3) is 3.32. The number of hydrogen-bond acceptors (Lipinski definition) is 4. The van der Waals surface area contributed by atoms with Gasteiger partial charge < -0.3 is 10.2 Å². The van der Waals surface area contributed by atoms with E-state index in [1.165, 1.54) is 18.2 Å². The number of carboxylic acid groups (broad SMARTS) is 1. The standard InChI is InChI=1S/C14H13NO5S/c1-9-2-5-11(6-3-9)21(19,20)15-10-4-7-13(16)12(8-10)14(17)18/h2-8,15-16H,1H3,(H,17,18)/p-1. The average molecular weight is 306 g/mol. The third-order valence-electron chi connectivity index (χ3n) is 2.79. The molecule has 110 valence electrons. The molecule has 0 bridgehead atoms. The maximum absolute atomic E-state index is 12.1. The summed E-state index contributed by atoms with van der Waals surface area (Å²) >= 11 is 0. The summed E-state index contributed by atoms with van der Waals surface area (Å²) in [5, 5.41) is 20.2. The first kappa shape index (κ1) is 14.9. The van der Waals surface area contributed by atoms with Crippen molar-refractivity contribution in [2.45, 2.75) is 11.8 Å². The lowest BCUT2D eigenvalue weighted by molar-refractivity contribution is -0.268. The SMILES string of the molecule is Cc1ccc(S(=O)(=O)Nc2ccc([O-])c(C(=O)O)c2)cc1. The molecule has 7 heteroatoms. The molecule has 0 radical (unpaired) electrons. The third-order valence-corrected chi connectivity index (χ3v) is 4.19. The number of aromatic carboxylic acids is 1. The highest BCUT2D eigenvalue weighted by Crippen LogP contribution is 2.22. The van der Waals surface area contributed by atoms with Crippen LogP contribution in [0, 0.1) is 6.92 Å². The van der Waals surface area contributed by atoms with Crippen LogP contribution in [0.15, 0.2) is 47.4 Å². The Morgan fingerprint density at radius 3 is 2.33 bits per heavy atom. The Bertz CT molecular complexity index is 782. The molecule has 2 aromatic rings. The molecule has 0 aliphatic carbocycles. The van der Waals surface area contributed by atoms with Crippen LogP contribution < -0.4 is 9.83 Å². The van der Waals surface area contributed by atoms with Gasteiger partial charge in [0.1, 0.15) is 0 Å². The zero-order valence-electron chi connectivity index (χ0n) is 11.0. The van der Waals surface area contributed by atoms with Crippen LogP contribution in [0.1, 0.15) is 15.9 Å². The first-order valence-corrected chi connectivity index (χ1v) is 7.42. The molecule has 0 aliphatic rings. The molecule has 2 N–H and O–H groups in total. The van der Waals surface area contributed by atoms with E-state index in [1.54, 1.807) is 12.1 Å². The number of anilines is 1. The lowest BCUT2D eigenvalue weighted by Gasteiger charge is -2.13. The number of aryl methyl sites for hydroxylation is 1. The molecular formula is C14H12NO5S-. The number of carboxylic acids is 1. The number of nitrogens with one attached hydrogen (secondary N) is 1. The number of hydrogen-bond donors (Lipinski definition) is 2. The Balaban J connectivity index is 2.35. The van der Waals surface area contributed by atoms with Crippen molar-refractivity contribution in [1.29, 1.82) is 0 Å². The van der Waals surface area contributed by atoms with E-state index >= 15 is 0 Å². The maximum atomic E-state index is 12.1. The molecular weight excluding hydrogens is 294 g/mol. The summed E-state index contributed by atoms with van der Waals surface area (Å²) in [6.07, 6.45) is 0. The summed E-state index contributed by atoms with van der Waals surface area (Å²) in [6, 6.07) is 9.42. The van der Waals surface area contributed by atoms with E-state index in [2.05, 4.69) is 4.72 Å². The van der Waals surface area contributed by atoms with Crippen LogP contribution in [0.25, 0.3) is 0 Å². The molecule has 2 rings (SSSR count). The first-order valence-electron chi connectivity index (χ1n) is 5.93. The van der Waals surface area contributed by atoms with Gasteiger partial charge in [0.15, 0.2) is 0 Å². The number of sulfonamides is 1. The quantitative estimate of drug-likeness (QED) is 0.891. The summed E-state index contributed by atoms with van der Waals surface area (Å²) in [5.41, 5.74) is 0.449. The largest absolute Gasteiger partial charge is 0.872 e. The van der Waals surface area contributed by atoms with Crippen LogP contribution in [-0.2, 0) is 10.0 Å². The highest BCUT2D eigenvalue weighted by molar-refractivity contribution is 7.92. The first-order chi connectivity index (χ1) is 9.79. The second kappa shape index (κ2) is 5.45. The summed E-state index contributed by atoms with van der Waals surface area (Å²) in [6.45, 7) is 1.83. The minimum absolute atomic E-state index is 0.0209. The Labute approximate surface area is 121 Å². The Hall–Kier alpha value is -2.54. The number of benzene rings is 2. The second-order valence-electron chi connectivity index (χ2n) is 4.43. The van der Waals surface area contributed by atoms with E-state index < -0.39 is 27.3 Å². The van der Waals surface area contributed by atoms with E-state index in [0.29, 0.717) is 0 Å². The van der Waals surface area contributed by atoms with Gasteiger partial charge in [0.25, 0.3) is 10.0 Å². The minimum atomic E-state index is -3.83. The fraction of sp³-hybridized carbons (Fsp3) is 0.0714. The molecule has 6 nitrogen and oxygen atoms in total. The molecule has 0 heterocycles. The van der Waals surface area contributed by atoms with Crippen molar-refractivity contribution in [2.24, 2.45) is 0 Å². The second-order valence-corrected chi connectivity index (χ2v) is 6.12. The maximum Gasteiger partial charge on any atom is 0.335 e. The van der Waals surface area contributed by atoms with Crippen LogP contribution in [0.2, 0.25) is 0 Å². The lowest BCUT2D eigenvalue weighted by Crippen LogP contribution is -2.14. The molecule has 21 heavy (non-hydrogen) atoms. The van der Waals surface area contributed by atoms with Crippen LogP contribution in [0.4, 0.5) is 5.69 Å². The van der Waals surface area contributed by atoms with Crippen molar-refractivity contribution in [1.82, 2.24) is 0 Å². The van der Waals surface area contributed by atoms with Gasteiger partial charge in [0, 0.05) is 5.69 Å². The van der Waals surface area contributed by atoms with Crippen molar-refractivity contribution in [2.75, 3.05) is 4.72 Å². The zero-order valence-corrected chi connectivity index (χ0v) is 11.8. The Kier molecular flexibility index (Phi) is 3.86. The number of rotatable bonds is 4. The van der Waals surface area contributed by atoms with E-state index in [9.17, 15) is 18.3 Å². The van der Waals surface area contributed by atoms with Gasteiger partial charge in [-0.25, -0.2) is 13.2 Å². The van der Waals surface area contributed by atoms with E-state index in [4.69, 9.17) is 5.11 Å². The molecule has 0 spiro atoms. The van der Waals surface area contributed by atoms with Crippen molar-refractivity contribution in [3.8, 4) is 5.75 Å². The van der Waals surface area contributed by atoms with E-state index in [0.717, 1.165) is 17.7 Å².